The summed E-state index contributed by atoms with van der Waals surface area (Å²) in [6, 6.07) is 9.32. The molecule has 0 aliphatic carbocycles. The number of carbonyl (C=O) groups is 1. The van der Waals surface area contributed by atoms with Gasteiger partial charge in [0, 0.05) is 6.54 Å². The second kappa shape index (κ2) is 5.42. The molecule has 1 unspecified atom stereocenters. The van der Waals surface area contributed by atoms with E-state index in [4.69, 9.17) is 5.11 Å². The van der Waals surface area contributed by atoms with Crippen LogP contribution in [0.3, 0.4) is 0 Å². The normalized spacial score (nSPS) is 12.1. The van der Waals surface area contributed by atoms with E-state index in [1.54, 1.807) is 6.92 Å². The molecule has 6 heteroatoms. The quantitative estimate of drug-likeness (QED) is 0.817. The Bertz CT molecular complexity index is 522. The fourth-order valence-electron chi connectivity index (χ4n) is 1.38. The third kappa shape index (κ3) is 2.92. The fraction of sp³-hybridized carbons (Fsp3) is 0.250. The van der Waals surface area contributed by atoms with Crippen molar-refractivity contribution in [2.45, 2.75) is 13.0 Å². The van der Waals surface area contributed by atoms with E-state index in [2.05, 4.69) is 15.5 Å². The van der Waals surface area contributed by atoms with Crippen molar-refractivity contribution in [1.82, 2.24) is 20.3 Å². The van der Waals surface area contributed by atoms with Crippen molar-refractivity contribution in [2.24, 2.45) is 0 Å². The van der Waals surface area contributed by atoms with Crippen molar-refractivity contribution >= 4 is 5.91 Å². The Morgan fingerprint density at radius 2 is 2.17 bits per heavy atom. The zero-order chi connectivity index (χ0) is 13.0. The molecule has 6 nitrogen and oxygen atoms in total. The number of amides is 1. The monoisotopic (exact) mass is 246 g/mol. The molecule has 0 aliphatic rings. The molecule has 0 aliphatic heterocycles. The number of rotatable bonds is 4. The SMILES string of the molecule is CC(O)CNC(=O)c1cnn(-c2ccccc2)n1. The largest absolute Gasteiger partial charge is 0.392 e. The first-order valence-electron chi connectivity index (χ1n) is 5.61. The number of benzene rings is 1. The van der Waals surface area contributed by atoms with Gasteiger partial charge in [-0.05, 0) is 19.1 Å². The van der Waals surface area contributed by atoms with E-state index < -0.39 is 6.10 Å². The van der Waals surface area contributed by atoms with Crippen LogP contribution in [0, 0.1) is 0 Å². The van der Waals surface area contributed by atoms with E-state index in [1.807, 2.05) is 30.3 Å². The molecular weight excluding hydrogens is 232 g/mol. The second-order valence-corrected chi connectivity index (χ2v) is 3.91. The number of para-hydroxylation sites is 1. The molecular formula is C12H14N4O2. The predicted molar refractivity (Wildman–Crippen MR) is 65.4 cm³/mol. The van der Waals surface area contributed by atoms with Gasteiger partial charge in [-0.25, -0.2) is 0 Å². The summed E-state index contributed by atoms with van der Waals surface area (Å²) in [5.41, 5.74) is 1.01. The Morgan fingerprint density at radius 3 is 2.83 bits per heavy atom. The minimum atomic E-state index is -0.585. The minimum absolute atomic E-state index is 0.191. The van der Waals surface area contributed by atoms with Crippen LogP contribution in [-0.2, 0) is 0 Å². The molecule has 2 rings (SSSR count). The summed E-state index contributed by atoms with van der Waals surface area (Å²) in [6.07, 6.45) is 0.808. The lowest BCUT2D eigenvalue weighted by Gasteiger charge is -2.04. The number of nitrogens with zero attached hydrogens (tertiary/aromatic N) is 3. The highest BCUT2D eigenvalue weighted by molar-refractivity contribution is 5.91. The first-order chi connectivity index (χ1) is 8.66. The van der Waals surface area contributed by atoms with E-state index in [-0.39, 0.29) is 18.1 Å². The maximum absolute atomic E-state index is 11.7. The lowest BCUT2D eigenvalue weighted by atomic mass is 10.3. The zero-order valence-electron chi connectivity index (χ0n) is 9.95. The molecule has 0 spiro atoms. The Balaban J connectivity index is 2.09. The van der Waals surface area contributed by atoms with Gasteiger partial charge in [0.2, 0.25) is 0 Å². The van der Waals surface area contributed by atoms with Crippen molar-refractivity contribution in [3.63, 3.8) is 0 Å². The summed E-state index contributed by atoms with van der Waals surface area (Å²) in [7, 11) is 0. The average Bonchev–Trinajstić information content (AvgIpc) is 2.86. The third-order valence-electron chi connectivity index (χ3n) is 2.27. The van der Waals surface area contributed by atoms with E-state index in [1.165, 1.54) is 11.0 Å². The summed E-state index contributed by atoms with van der Waals surface area (Å²) >= 11 is 0. The summed E-state index contributed by atoms with van der Waals surface area (Å²) in [5.74, 6) is -0.349. The van der Waals surface area contributed by atoms with E-state index in [0.717, 1.165) is 5.69 Å². The van der Waals surface area contributed by atoms with Crippen LogP contribution in [0.25, 0.3) is 5.69 Å². The molecule has 1 amide bonds. The first-order valence-corrected chi connectivity index (χ1v) is 5.61. The van der Waals surface area contributed by atoms with Gasteiger partial charge in [-0.2, -0.15) is 9.90 Å². The van der Waals surface area contributed by atoms with E-state index >= 15 is 0 Å². The maximum atomic E-state index is 11.7. The molecule has 18 heavy (non-hydrogen) atoms. The van der Waals surface area contributed by atoms with Crippen LogP contribution in [-0.4, -0.2) is 38.7 Å². The van der Waals surface area contributed by atoms with Crippen molar-refractivity contribution in [3.05, 3.63) is 42.2 Å². The van der Waals surface area contributed by atoms with E-state index in [9.17, 15) is 4.79 Å². The van der Waals surface area contributed by atoms with Gasteiger partial charge in [0.25, 0.3) is 5.91 Å². The number of aliphatic hydroxyl groups is 1. The predicted octanol–water partition coefficient (Wildman–Crippen LogP) is 0.378. The van der Waals surface area contributed by atoms with Crippen LogP contribution < -0.4 is 5.32 Å². The lowest BCUT2D eigenvalue weighted by molar-refractivity contribution is 0.0918. The van der Waals surface area contributed by atoms with Crippen LogP contribution in [0.4, 0.5) is 0 Å². The van der Waals surface area contributed by atoms with Crippen LogP contribution in [0.15, 0.2) is 36.5 Å². The van der Waals surface area contributed by atoms with Crippen molar-refractivity contribution in [2.75, 3.05) is 6.54 Å². The Morgan fingerprint density at radius 1 is 1.44 bits per heavy atom. The first kappa shape index (κ1) is 12.3. The van der Waals surface area contributed by atoms with Gasteiger partial charge in [0.05, 0.1) is 18.0 Å². The van der Waals surface area contributed by atoms with Crippen molar-refractivity contribution in [1.29, 1.82) is 0 Å². The van der Waals surface area contributed by atoms with Gasteiger partial charge in [-0.1, -0.05) is 18.2 Å². The molecule has 1 aromatic carbocycles. The van der Waals surface area contributed by atoms with Gasteiger partial charge >= 0.3 is 0 Å². The van der Waals surface area contributed by atoms with Crippen LogP contribution in [0.1, 0.15) is 17.4 Å². The highest BCUT2D eigenvalue weighted by atomic mass is 16.3. The van der Waals surface area contributed by atoms with Gasteiger partial charge in [-0.15, -0.1) is 5.10 Å². The molecule has 1 aromatic heterocycles. The average molecular weight is 246 g/mol. The van der Waals surface area contributed by atoms with Crippen LogP contribution >= 0.6 is 0 Å². The maximum Gasteiger partial charge on any atom is 0.273 e. The third-order valence-corrected chi connectivity index (χ3v) is 2.27. The van der Waals surface area contributed by atoms with Crippen molar-refractivity contribution in [3.8, 4) is 5.69 Å². The molecule has 1 atom stereocenters. The Hall–Kier alpha value is -2.21. The molecule has 0 radical (unpaired) electrons. The number of hydrogen-bond donors (Lipinski definition) is 2. The molecule has 2 N–H and O–H groups in total. The van der Waals surface area contributed by atoms with Gasteiger partial charge in [0.15, 0.2) is 5.69 Å². The summed E-state index contributed by atoms with van der Waals surface area (Å²) in [5, 5.41) is 19.7. The smallest absolute Gasteiger partial charge is 0.273 e. The summed E-state index contributed by atoms with van der Waals surface area (Å²) in [4.78, 5) is 13.0. The molecule has 0 saturated carbocycles. The number of aromatic nitrogens is 3. The molecule has 2 aromatic rings. The fourth-order valence-corrected chi connectivity index (χ4v) is 1.38. The van der Waals surface area contributed by atoms with Crippen LogP contribution in [0.2, 0.25) is 0 Å². The highest BCUT2D eigenvalue weighted by Crippen LogP contribution is 2.04. The summed E-state index contributed by atoms with van der Waals surface area (Å²) < 4.78 is 0. The zero-order valence-corrected chi connectivity index (χ0v) is 9.95. The van der Waals surface area contributed by atoms with Crippen LogP contribution in [0.5, 0.6) is 0 Å². The standard InChI is InChI=1S/C12H14N4O2/c1-9(17)7-13-12(18)11-8-14-16(15-11)10-5-3-2-4-6-10/h2-6,8-9,17H,7H2,1H3,(H,13,18). The molecule has 94 valence electrons. The molecule has 0 bridgehead atoms. The minimum Gasteiger partial charge on any atom is -0.392 e. The van der Waals surface area contributed by atoms with Gasteiger partial charge in [0.1, 0.15) is 0 Å². The number of nitrogens with one attached hydrogen (secondary N) is 1. The number of hydrogen-bond acceptors (Lipinski definition) is 4. The summed E-state index contributed by atoms with van der Waals surface area (Å²) in [6.45, 7) is 1.79. The lowest BCUT2D eigenvalue weighted by Crippen LogP contribution is -2.30. The number of aliphatic hydroxyl groups excluding tert-OH is 1. The highest BCUT2D eigenvalue weighted by Gasteiger charge is 2.11. The second-order valence-electron chi connectivity index (χ2n) is 3.91. The molecule has 0 fully saturated rings. The number of carbonyl (C=O) groups excluding carboxylic acids is 1. The van der Waals surface area contributed by atoms with Gasteiger partial charge < -0.3 is 10.4 Å². The van der Waals surface area contributed by atoms with Crippen molar-refractivity contribution < 1.29 is 9.90 Å². The molecule has 0 saturated heterocycles. The Labute approximate surface area is 104 Å². The Kier molecular flexibility index (Phi) is 3.69. The topological polar surface area (TPSA) is 80.0 Å². The van der Waals surface area contributed by atoms with Gasteiger partial charge in [-0.3, -0.25) is 4.79 Å². The molecule has 1 heterocycles. The van der Waals surface area contributed by atoms with E-state index in [0.29, 0.717) is 0 Å².